The highest BCUT2D eigenvalue weighted by molar-refractivity contribution is 6.31. The van der Waals surface area contributed by atoms with Crippen LogP contribution in [0.1, 0.15) is 28.5 Å². The van der Waals surface area contributed by atoms with Gasteiger partial charge in [-0.05, 0) is 26.0 Å². The first-order chi connectivity index (χ1) is 9.43. The van der Waals surface area contributed by atoms with E-state index in [9.17, 15) is 14.9 Å². The Labute approximate surface area is 120 Å². The van der Waals surface area contributed by atoms with Crippen molar-refractivity contribution in [2.75, 3.05) is 0 Å². The normalized spacial score (nSPS) is 10.6. The average Bonchev–Trinajstić information content (AvgIpc) is 2.79. The van der Waals surface area contributed by atoms with Crippen LogP contribution in [0, 0.1) is 17.0 Å². The Balaban J connectivity index is 2.53. The number of nitrogens with zero attached hydrogens (tertiary/aromatic N) is 3. The van der Waals surface area contributed by atoms with Gasteiger partial charge in [-0.2, -0.15) is 5.10 Å². The summed E-state index contributed by atoms with van der Waals surface area (Å²) in [6, 6.07) is 4.00. The van der Waals surface area contributed by atoms with Gasteiger partial charge >= 0.3 is 0 Å². The zero-order chi connectivity index (χ0) is 14.9. The van der Waals surface area contributed by atoms with Gasteiger partial charge in [-0.1, -0.05) is 11.6 Å². The monoisotopic (exact) mass is 293 g/mol. The first-order valence-electron chi connectivity index (χ1n) is 5.96. The Bertz CT molecular complexity index is 694. The van der Waals surface area contributed by atoms with Crippen LogP contribution < -0.4 is 0 Å². The smallest absolute Gasteiger partial charge is 0.282 e. The first kappa shape index (κ1) is 14.2. The SMILES string of the molecule is CCn1cc(C(=O)c2ccc(Cl)cc2[N+](=O)[O-])c(C)n1. The molecule has 0 aliphatic heterocycles. The number of ketones is 1. The minimum atomic E-state index is -0.612. The maximum absolute atomic E-state index is 12.4. The lowest BCUT2D eigenvalue weighted by molar-refractivity contribution is -0.385. The van der Waals surface area contributed by atoms with E-state index in [1.807, 2.05) is 6.92 Å². The molecule has 0 spiro atoms. The van der Waals surface area contributed by atoms with Crippen LogP contribution in [0.4, 0.5) is 5.69 Å². The third kappa shape index (κ3) is 2.55. The number of nitro groups is 1. The molecular weight excluding hydrogens is 282 g/mol. The van der Waals surface area contributed by atoms with Gasteiger partial charge in [-0.25, -0.2) is 0 Å². The van der Waals surface area contributed by atoms with E-state index in [0.717, 1.165) is 0 Å². The number of nitro benzene ring substituents is 1. The Morgan fingerprint density at radius 3 is 2.70 bits per heavy atom. The fourth-order valence-corrected chi connectivity index (χ4v) is 2.06. The molecule has 0 N–H and O–H groups in total. The summed E-state index contributed by atoms with van der Waals surface area (Å²) in [4.78, 5) is 22.8. The quantitative estimate of drug-likeness (QED) is 0.493. The number of aromatic nitrogens is 2. The molecule has 0 aliphatic carbocycles. The van der Waals surface area contributed by atoms with Gasteiger partial charge in [0.05, 0.1) is 16.2 Å². The first-order valence-corrected chi connectivity index (χ1v) is 6.34. The second-order valence-corrected chi connectivity index (χ2v) is 4.67. The highest BCUT2D eigenvalue weighted by atomic mass is 35.5. The van der Waals surface area contributed by atoms with Crippen molar-refractivity contribution in [3.63, 3.8) is 0 Å². The summed E-state index contributed by atoms with van der Waals surface area (Å²) in [5, 5.41) is 15.4. The number of hydrogen-bond donors (Lipinski definition) is 0. The maximum Gasteiger partial charge on any atom is 0.282 e. The fourth-order valence-electron chi connectivity index (χ4n) is 1.90. The molecule has 6 nitrogen and oxygen atoms in total. The molecule has 1 aromatic heterocycles. The van der Waals surface area contributed by atoms with Crippen LogP contribution >= 0.6 is 11.6 Å². The van der Waals surface area contributed by atoms with Crippen molar-refractivity contribution in [3.05, 3.63) is 56.4 Å². The van der Waals surface area contributed by atoms with E-state index >= 15 is 0 Å². The predicted molar refractivity (Wildman–Crippen MR) is 74.2 cm³/mol. The van der Waals surface area contributed by atoms with Crippen LogP contribution in [0.15, 0.2) is 24.4 Å². The zero-order valence-electron chi connectivity index (χ0n) is 11.0. The third-order valence-corrected chi connectivity index (χ3v) is 3.15. The van der Waals surface area contributed by atoms with Crippen molar-refractivity contribution in [2.45, 2.75) is 20.4 Å². The number of halogens is 1. The van der Waals surface area contributed by atoms with Crippen LogP contribution in [0.25, 0.3) is 0 Å². The Hall–Kier alpha value is -2.21. The molecule has 1 aromatic carbocycles. The summed E-state index contributed by atoms with van der Waals surface area (Å²) in [6.07, 6.45) is 1.59. The summed E-state index contributed by atoms with van der Waals surface area (Å²) >= 11 is 5.74. The Morgan fingerprint density at radius 2 is 2.15 bits per heavy atom. The third-order valence-electron chi connectivity index (χ3n) is 2.92. The van der Waals surface area contributed by atoms with E-state index in [0.29, 0.717) is 17.8 Å². The van der Waals surface area contributed by atoms with Gasteiger partial charge in [0.1, 0.15) is 5.56 Å². The molecule has 0 atom stereocenters. The average molecular weight is 294 g/mol. The van der Waals surface area contributed by atoms with E-state index in [1.54, 1.807) is 17.8 Å². The van der Waals surface area contributed by atoms with Crippen molar-refractivity contribution in [1.82, 2.24) is 9.78 Å². The molecule has 104 valence electrons. The molecule has 0 saturated carbocycles. The van der Waals surface area contributed by atoms with Crippen molar-refractivity contribution in [2.24, 2.45) is 0 Å². The number of benzene rings is 1. The lowest BCUT2D eigenvalue weighted by Gasteiger charge is -2.02. The van der Waals surface area contributed by atoms with Crippen LogP contribution in [0.3, 0.4) is 0 Å². The minimum Gasteiger partial charge on any atom is -0.288 e. The molecule has 0 fully saturated rings. The van der Waals surface area contributed by atoms with Gasteiger partial charge < -0.3 is 0 Å². The van der Waals surface area contributed by atoms with Gasteiger partial charge in [-0.3, -0.25) is 19.6 Å². The van der Waals surface area contributed by atoms with Crippen LogP contribution in [-0.4, -0.2) is 20.5 Å². The second-order valence-electron chi connectivity index (χ2n) is 4.23. The highest BCUT2D eigenvalue weighted by Crippen LogP contribution is 2.26. The second kappa shape index (κ2) is 5.42. The largest absolute Gasteiger partial charge is 0.288 e. The standard InChI is InChI=1S/C13H12ClN3O3/c1-3-16-7-11(8(2)15-16)13(18)10-5-4-9(14)6-12(10)17(19)20/h4-7H,3H2,1-2H3. The van der Waals surface area contributed by atoms with Gasteiger partial charge in [0.15, 0.2) is 0 Å². The van der Waals surface area contributed by atoms with E-state index in [4.69, 9.17) is 11.6 Å². The van der Waals surface area contributed by atoms with Gasteiger partial charge in [-0.15, -0.1) is 0 Å². The van der Waals surface area contributed by atoms with E-state index in [-0.39, 0.29) is 16.3 Å². The van der Waals surface area contributed by atoms with E-state index in [2.05, 4.69) is 5.10 Å². The molecular formula is C13H12ClN3O3. The molecule has 0 saturated heterocycles. The molecule has 7 heteroatoms. The topological polar surface area (TPSA) is 78.0 Å². The van der Waals surface area contributed by atoms with Crippen LogP contribution in [0.2, 0.25) is 5.02 Å². The molecule has 0 aliphatic rings. The van der Waals surface area contributed by atoms with Crippen molar-refractivity contribution >= 4 is 23.1 Å². The summed E-state index contributed by atoms with van der Waals surface area (Å²) in [7, 11) is 0. The molecule has 0 unspecified atom stereocenters. The lowest BCUT2D eigenvalue weighted by atomic mass is 10.0. The fraction of sp³-hybridized carbons (Fsp3) is 0.231. The summed E-state index contributed by atoms with van der Waals surface area (Å²) in [6.45, 7) is 4.21. The highest BCUT2D eigenvalue weighted by Gasteiger charge is 2.24. The number of carbonyl (C=O) groups excluding carboxylic acids is 1. The molecule has 0 radical (unpaired) electrons. The lowest BCUT2D eigenvalue weighted by Crippen LogP contribution is -2.06. The number of aryl methyl sites for hydroxylation is 2. The van der Waals surface area contributed by atoms with Crippen molar-refractivity contribution in [3.8, 4) is 0 Å². The Kier molecular flexibility index (Phi) is 3.85. The number of carbonyl (C=O) groups is 1. The molecule has 0 bridgehead atoms. The summed E-state index contributed by atoms with van der Waals surface area (Å²) in [5.74, 6) is -0.425. The van der Waals surface area contributed by atoms with Crippen molar-refractivity contribution < 1.29 is 9.72 Å². The van der Waals surface area contributed by atoms with Gasteiger partial charge in [0.2, 0.25) is 5.78 Å². The van der Waals surface area contributed by atoms with E-state index < -0.39 is 10.7 Å². The predicted octanol–water partition coefficient (Wildman–Crippen LogP) is 3.00. The van der Waals surface area contributed by atoms with Crippen molar-refractivity contribution in [1.29, 1.82) is 0 Å². The van der Waals surface area contributed by atoms with Crippen LogP contribution in [-0.2, 0) is 6.54 Å². The maximum atomic E-state index is 12.4. The number of hydrogen-bond acceptors (Lipinski definition) is 4. The molecule has 2 rings (SSSR count). The summed E-state index contributed by atoms with van der Waals surface area (Å²) in [5.41, 5.74) is 0.614. The Morgan fingerprint density at radius 1 is 1.45 bits per heavy atom. The minimum absolute atomic E-state index is 0.0122. The van der Waals surface area contributed by atoms with Gasteiger partial charge in [0, 0.05) is 23.8 Å². The number of rotatable bonds is 4. The van der Waals surface area contributed by atoms with E-state index in [1.165, 1.54) is 18.2 Å². The molecule has 20 heavy (non-hydrogen) atoms. The molecule has 0 amide bonds. The molecule has 2 aromatic rings. The van der Waals surface area contributed by atoms with Gasteiger partial charge in [0.25, 0.3) is 5.69 Å². The summed E-state index contributed by atoms with van der Waals surface area (Å²) < 4.78 is 1.62. The van der Waals surface area contributed by atoms with Crippen LogP contribution in [0.5, 0.6) is 0 Å². The molecule has 1 heterocycles. The zero-order valence-corrected chi connectivity index (χ0v) is 11.7.